The van der Waals surface area contributed by atoms with Gasteiger partial charge < -0.3 is 20.3 Å². The molecule has 9 heteroatoms. The summed E-state index contributed by atoms with van der Waals surface area (Å²) in [6.45, 7) is 0.421. The minimum atomic E-state index is -0.0294. The van der Waals surface area contributed by atoms with Gasteiger partial charge in [-0.25, -0.2) is 9.97 Å². The second-order valence-corrected chi connectivity index (χ2v) is 11.0. The van der Waals surface area contributed by atoms with E-state index in [2.05, 4.69) is 26.7 Å². The fraction of sp³-hybridized carbons (Fsp3) is 0.345. The predicted molar refractivity (Wildman–Crippen MR) is 155 cm³/mol. The summed E-state index contributed by atoms with van der Waals surface area (Å²) >= 11 is 8.25. The highest BCUT2D eigenvalue weighted by Crippen LogP contribution is 2.38. The van der Waals surface area contributed by atoms with Crippen molar-refractivity contribution >= 4 is 44.9 Å². The zero-order valence-electron chi connectivity index (χ0n) is 21.8. The van der Waals surface area contributed by atoms with Gasteiger partial charge in [-0.15, -0.1) is 11.3 Å². The van der Waals surface area contributed by atoms with Crippen molar-refractivity contribution in [1.29, 1.82) is 0 Å². The van der Waals surface area contributed by atoms with Crippen LogP contribution in [-0.2, 0) is 6.54 Å². The smallest absolute Gasteiger partial charge is 0.266 e. The summed E-state index contributed by atoms with van der Waals surface area (Å²) in [5.74, 6) is 1.28. The number of nitrogens with one attached hydrogen (secondary N) is 2. The molecule has 0 bridgehead atoms. The molecule has 0 unspecified atom stereocenters. The lowest BCUT2D eigenvalue weighted by Gasteiger charge is -2.37. The number of hydrogen-bond donors (Lipinski definition) is 2. The number of ether oxygens (including phenoxy) is 1. The number of anilines is 1. The minimum absolute atomic E-state index is 0.0294. The molecule has 2 aromatic carbocycles. The van der Waals surface area contributed by atoms with Gasteiger partial charge in [0, 0.05) is 59.3 Å². The Morgan fingerprint density at radius 1 is 1.08 bits per heavy atom. The molecular weight excluding hydrogens is 518 g/mol. The first-order valence-electron chi connectivity index (χ1n) is 12.8. The average Bonchev–Trinajstić information content (AvgIpc) is 3.32. The lowest BCUT2D eigenvalue weighted by molar-refractivity contribution is 0.0604. The number of hydrogen-bond acceptors (Lipinski definition) is 7. The third kappa shape index (κ3) is 5.34. The lowest BCUT2D eigenvalue weighted by Crippen LogP contribution is -2.44. The lowest BCUT2D eigenvalue weighted by atomic mass is 9.89. The molecule has 2 N–H and O–H groups in total. The first-order chi connectivity index (χ1) is 18.5. The monoisotopic (exact) mass is 549 g/mol. The Hall–Kier alpha value is -3.20. The number of carbonyl (C=O) groups excluding carboxylic acids is 1. The molecule has 1 amide bonds. The molecule has 1 aliphatic rings. The molecule has 7 nitrogen and oxygen atoms in total. The summed E-state index contributed by atoms with van der Waals surface area (Å²) in [5, 5.41) is 7.80. The molecule has 1 aliphatic carbocycles. The van der Waals surface area contributed by atoms with Crippen molar-refractivity contribution in [2.45, 2.75) is 44.3 Å². The van der Waals surface area contributed by atoms with Crippen LogP contribution in [-0.4, -0.2) is 54.1 Å². The number of fused-ring (bicyclic) bond motifs is 1. The molecular formula is C29H32ClN5O2S. The van der Waals surface area contributed by atoms with Crippen LogP contribution in [0.5, 0.6) is 5.75 Å². The maximum Gasteiger partial charge on any atom is 0.266 e. The molecule has 5 rings (SSSR count). The van der Waals surface area contributed by atoms with Gasteiger partial charge in [0.25, 0.3) is 5.91 Å². The van der Waals surface area contributed by atoms with E-state index in [0.717, 1.165) is 58.2 Å². The number of methoxy groups -OCH3 is 1. The summed E-state index contributed by atoms with van der Waals surface area (Å²) in [7, 11) is 5.46. The Balaban J connectivity index is 1.51. The molecule has 0 radical (unpaired) electrons. The van der Waals surface area contributed by atoms with Crippen LogP contribution < -0.4 is 15.4 Å². The first kappa shape index (κ1) is 26.4. The van der Waals surface area contributed by atoms with E-state index in [1.165, 1.54) is 11.3 Å². The zero-order chi connectivity index (χ0) is 26.6. The Kier molecular flexibility index (Phi) is 8.12. The third-order valence-corrected chi connectivity index (χ3v) is 9.03. The molecule has 0 spiro atoms. The van der Waals surface area contributed by atoms with Gasteiger partial charge in [0.05, 0.1) is 12.1 Å². The van der Waals surface area contributed by atoms with Gasteiger partial charge in [0.2, 0.25) is 5.95 Å². The topological polar surface area (TPSA) is 79.4 Å². The number of halogens is 1. The normalized spacial score (nSPS) is 17.4. The van der Waals surface area contributed by atoms with Crippen LogP contribution in [0.1, 0.15) is 40.9 Å². The molecule has 1 saturated carbocycles. The van der Waals surface area contributed by atoms with Crippen LogP contribution in [0.2, 0.25) is 5.02 Å². The van der Waals surface area contributed by atoms with Crippen molar-refractivity contribution < 1.29 is 9.53 Å². The van der Waals surface area contributed by atoms with Crippen LogP contribution in [0.25, 0.3) is 21.2 Å². The van der Waals surface area contributed by atoms with Crippen molar-refractivity contribution in [2.24, 2.45) is 0 Å². The van der Waals surface area contributed by atoms with Gasteiger partial charge in [0.15, 0.2) is 0 Å². The van der Waals surface area contributed by atoms with Crippen LogP contribution in [0.15, 0.2) is 54.9 Å². The van der Waals surface area contributed by atoms with Crippen LogP contribution in [0.4, 0.5) is 5.95 Å². The summed E-state index contributed by atoms with van der Waals surface area (Å²) < 4.78 is 6.76. The van der Waals surface area contributed by atoms with Gasteiger partial charge in [0.1, 0.15) is 10.6 Å². The quantitative estimate of drug-likeness (QED) is 0.271. The van der Waals surface area contributed by atoms with E-state index in [4.69, 9.17) is 16.3 Å². The highest BCUT2D eigenvalue weighted by Gasteiger charge is 2.32. The molecule has 0 saturated heterocycles. The van der Waals surface area contributed by atoms with Crippen LogP contribution in [0.3, 0.4) is 0 Å². The van der Waals surface area contributed by atoms with Gasteiger partial charge >= 0.3 is 0 Å². The van der Waals surface area contributed by atoms with Crippen molar-refractivity contribution in [3.05, 3.63) is 70.3 Å². The van der Waals surface area contributed by atoms with E-state index in [9.17, 15) is 4.79 Å². The molecule has 198 valence electrons. The van der Waals surface area contributed by atoms with E-state index in [1.807, 2.05) is 48.3 Å². The second-order valence-electron chi connectivity index (χ2n) is 9.54. The standard InChI is InChI=1S/C29H32ClN5O2S/c1-31-21-9-11-22(12-10-21)35(28(36)27-26(30)23-6-4-5-7-25(23)38-27)17-19-14-18(8-13-24(19)37-3)20-15-33-29(32-2)34-16-20/h4-8,13-16,21-22,31H,9-12,17H2,1-3H3,(H,32,33,34)/t21-,22-. The molecule has 1 fully saturated rings. The fourth-order valence-electron chi connectivity index (χ4n) is 5.20. The number of rotatable bonds is 8. The number of thiophene rings is 1. The SMILES string of the molecule is CNc1ncc(-c2ccc(OC)c(CN(C(=O)c3sc4ccccc4c3Cl)[C@H]3CC[C@H](NC)CC3)c2)cn1. The van der Waals surface area contributed by atoms with E-state index < -0.39 is 0 Å². The average molecular weight is 550 g/mol. The van der Waals surface area contributed by atoms with Gasteiger partial charge in [-0.3, -0.25) is 4.79 Å². The summed E-state index contributed by atoms with van der Waals surface area (Å²) in [4.78, 5) is 25.5. The molecule has 38 heavy (non-hydrogen) atoms. The number of benzene rings is 2. The molecule has 0 aliphatic heterocycles. The molecule has 2 aromatic heterocycles. The van der Waals surface area contributed by atoms with E-state index in [-0.39, 0.29) is 11.9 Å². The number of nitrogens with zero attached hydrogens (tertiary/aromatic N) is 3. The van der Waals surface area contributed by atoms with Gasteiger partial charge in [-0.1, -0.05) is 35.9 Å². The van der Waals surface area contributed by atoms with Crippen molar-refractivity contribution in [3.8, 4) is 16.9 Å². The van der Waals surface area contributed by atoms with E-state index >= 15 is 0 Å². The maximum atomic E-state index is 14.2. The molecule has 0 atom stereocenters. The van der Waals surface area contributed by atoms with E-state index in [0.29, 0.717) is 28.4 Å². The van der Waals surface area contributed by atoms with Crippen LogP contribution >= 0.6 is 22.9 Å². The molecule has 4 aromatic rings. The Labute approximate surface area is 232 Å². The molecule has 2 heterocycles. The number of amides is 1. The largest absolute Gasteiger partial charge is 0.496 e. The van der Waals surface area contributed by atoms with Gasteiger partial charge in [-0.05, 0) is 56.5 Å². The fourth-order valence-corrected chi connectivity index (χ4v) is 6.66. The maximum absolute atomic E-state index is 14.2. The summed E-state index contributed by atoms with van der Waals surface area (Å²) in [6.07, 6.45) is 7.50. The highest BCUT2D eigenvalue weighted by molar-refractivity contribution is 7.21. The summed E-state index contributed by atoms with van der Waals surface area (Å²) in [6, 6.07) is 14.5. The Bertz CT molecular complexity index is 1420. The minimum Gasteiger partial charge on any atom is -0.496 e. The number of aromatic nitrogens is 2. The zero-order valence-corrected chi connectivity index (χ0v) is 23.4. The second kappa shape index (κ2) is 11.7. The highest BCUT2D eigenvalue weighted by atomic mass is 35.5. The summed E-state index contributed by atoms with van der Waals surface area (Å²) in [5.41, 5.74) is 2.80. The third-order valence-electron chi connectivity index (χ3n) is 7.37. The van der Waals surface area contributed by atoms with Crippen molar-refractivity contribution in [2.75, 3.05) is 26.5 Å². The van der Waals surface area contributed by atoms with Crippen molar-refractivity contribution in [3.63, 3.8) is 0 Å². The van der Waals surface area contributed by atoms with Crippen molar-refractivity contribution in [1.82, 2.24) is 20.2 Å². The first-order valence-corrected chi connectivity index (χ1v) is 14.0. The van der Waals surface area contributed by atoms with Crippen LogP contribution in [0, 0.1) is 0 Å². The predicted octanol–water partition coefficient (Wildman–Crippen LogP) is 6.24. The Morgan fingerprint density at radius 3 is 2.47 bits per heavy atom. The number of carbonyl (C=O) groups is 1. The van der Waals surface area contributed by atoms with E-state index in [1.54, 1.807) is 26.6 Å². The van der Waals surface area contributed by atoms with Gasteiger partial charge in [-0.2, -0.15) is 0 Å². The Morgan fingerprint density at radius 2 is 1.82 bits per heavy atom.